The molecule has 3 nitrogen and oxygen atoms in total. The van der Waals surface area contributed by atoms with Crippen molar-refractivity contribution < 1.29 is 0 Å². The number of aryl methyl sites for hydroxylation is 1. The molecule has 0 spiro atoms. The second kappa shape index (κ2) is 6.54. The number of pyridine rings is 1. The zero-order chi connectivity index (χ0) is 16.5. The van der Waals surface area contributed by atoms with Gasteiger partial charge in [0.1, 0.15) is 0 Å². The normalized spacial score (nSPS) is 15.0. The molecular formula is C20H20BrN3. The van der Waals surface area contributed by atoms with Gasteiger partial charge in [-0.05, 0) is 46.6 Å². The number of nitrogens with zero attached hydrogens (tertiary/aromatic N) is 2. The fourth-order valence-corrected chi connectivity index (χ4v) is 3.99. The molecule has 0 atom stereocenters. The van der Waals surface area contributed by atoms with E-state index in [1.165, 1.54) is 16.6 Å². The molecule has 3 aromatic rings. The number of aromatic nitrogens is 1. The minimum Gasteiger partial charge on any atom is -0.368 e. The number of hydrogen-bond donors (Lipinski definition) is 1. The van der Waals surface area contributed by atoms with Crippen LogP contribution in [-0.2, 0) is 0 Å². The van der Waals surface area contributed by atoms with Crippen molar-refractivity contribution in [3.63, 3.8) is 0 Å². The van der Waals surface area contributed by atoms with Crippen molar-refractivity contribution in [3.05, 3.63) is 58.6 Å². The van der Waals surface area contributed by atoms with E-state index < -0.39 is 0 Å². The number of benzene rings is 2. The molecule has 0 unspecified atom stereocenters. The molecule has 1 aliphatic heterocycles. The van der Waals surface area contributed by atoms with Gasteiger partial charge < -0.3 is 10.2 Å². The molecule has 122 valence electrons. The predicted molar refractivity (Wildman–Crippen MR) is 105 cm³/mol. The third-order valence-corrected chi connectivity index (χ3v) is 5.12. The highest BCUT2D eigenvalue weighted by molar-refractivity contribution is 9.10. The lowest BCUT2D eigenvalue weighted by Gasteiger charge is -2.31. The Labute approximate surface area is 150 Å². The second-order valence-corrected chi connectivity index (χ2v) is 7.13. The van der Waals surface area contributed by atoms with E-state index in [2.05, 4.69) is 75.5 Å². The summed E-state index contributed by atoms with van der Waals surface area (Å²) in [6.45, 7) is 6.24. The van der Waals surface area contributed by atoms with Gasteiger partial charge in [-0.25, -0.2) is 4.98 Å². The van der Waals surface area contributed by atoms with Crippen molar-refractivity contribution >= 4 is 32.5 Å². The Morgan fingerprint density at radius 3 is 2.54 bits per heavy atom. The molecule has 1 saturated heterocycles. The summed E-state index contributed by atoms with van der Waals surface area (Å²) in [6.07, 6.45) is 0. The smallest absolute Gasteiger partial charge is 0.0872 e. The first kappa shape index (κ1) is 15.6. The molecule has 0 bridgehead atoms. The summed E-state index contributed by atoms with van der Waals surface area (Å²) in [4.78, 5) is 7.42. The van der Waals surface area contributed by atoms with Gasteiger partial charge in [-0.3, -0.25) is 0 Å². The van der Waals surface area contributed by atoms with Gasteiger partial charge in [-0.2, -0.15) is 0 Å². The Bertz CT molecular complexity index is 871. The molecule has 0 radical (unpaired) electrons. The zero-order valence-corrected chi connectivity index (χ0v) is 15.3. The van der Waals surface area contributed by atoms with Crippen molar-refractivity contribution in [2.24, 2.45) is 0 Å². The molecule has 2 aromatic carbocycles. The molecule has 1 fully saturated rings. The molecular weight excluding hydrogens is 362 g/mol. The summed E-state index contributed by atoms with van der Waals surface area (Å²) in [5.74, 6) is 0. The summed E-state index contributed by atoms with van der Waals surface area (Å²) in [5, 5.41) is 4.66. The van der Waals surface area contributed by atoms with Crippen LogP contribution in [-0.4, -0.2) is 31.2 Å². The van der Waals surface area contributed by atoms with E-state index in [9.17, 15) is 0 Å². The number of anilines is 1. The topological polar surface area (TPSA) is 28.2 Å². The largest absolute Gasteiger partial charge is 0.368 e. The molecule has 2 heterocycles. The van der Waals surface area contributed by atoms with Gasteiger partial charge in [0.2, 0.25) is 0 Å². The standard InChI is InChI=1S/C20H20BrN3/c1-14-11-16-19(24-9-7-22-8-10-24)13-18(15-5-3-2-4-6-15)23-20(16)17(21)12-14/h2-6,11-13,22H,7-10H2,1H3. The maximum Gasteiger partial charge on any atom is 0.0872 e. The van der Waals surface area contributed by atoms with Crippen LogP contribution in [0.4, 0.5) is 5.69 Å². The van der Waals surface area contributed by atoms with Crippen LogP contribution in [0, 0.1) is 6.92 Å². The fourth-order valence-electron chi connectivity index (χ4n) is 3.33. The van der Waals surface area contributed by atoms with E-state index >= 15 is 0 Å². The third-order valence-electron chi connectivity index (χ3n) is 4.52. The van der Waals surface area contributed by atoms with Gasteiger partial charge in [0.15, 0.2) is 0 Å². The van der Waals surface area contributed by atoms with Crippen LogP contribution in [0.5, 0.6) is 0 Å². The predicted octanol–water partition coefficient (Wildman–Crippen LogP) is 4.38. The Morgan fingerprint density at radius 2 is 1.79 bits per heavy atom. The molecule has 1 N–H and O–H groups in total. The molecule has 4 heteroatoms. The maximum atomic E-state index is 4.95. The summed E-state index contributed by atoms with van der Waals surface area (Å²) >= 11 is 3.72. The second-order valence-electron chi connectivity index (χ2n) is 6.27. The molecule has 0 amide bonds. The Morgan fingerprint density at radius 1 is 1.04 bits per heavy atom. The Balaban J connectivity index is 1.96. The van der Waals surface area contributed by atoms with Crippen LogP contribution in [0.2, 0.25) is 0 Å². The maximum absolute atomic E-state index is 4.95. The molecule has 1 aliphatic rings. The van der Waals surface area contributed by atoms with Crippen molar-refractivity contribution in [3.8, 4) is 11.3 Å². The van der Waals surface area contributed by atoms with E-state index in [1.54, 1.807) is 0 Å². The SMILES string of the molecule is Cc1cc(Br)c2nc(-c3ccccc3)cc(N3CCNCC3)c2c1. The van der Waals surface area contributed by atoms with Crippen LogP contribution in [0.15, 0.2) is 53.0 Å². The summed E-state index contributed by atoms with van der Waals surface area (Å²) in [6, 6.07) is 17.1. The number of fused-ring (bicyclic) bond motifs is 1. The zero-order valence-electron chi connectivity index (χ0n) is 13.7. The quantitative estimate of drug-likeness (QED) is 0.713. The van der Waals surface area contributed by atoms with Crippen LogP contribution >= 0.6 is 15.9 Å². The highest BCUT2D eigenvalue weighted by Crippen LogP contribution is 2.35. The number of rotatable bonds is 2. The first-order chi connectivity index (χ1) is 11.7. The number of halogens is 1. The lowest BCUT2D eigenvalue weighted by Crippen LogP contribution is -2.43. The van der Waals surface area contributed by atoms with Crippen LogP contribution in [0.3, 0.4) is 0 Å². The Hall–Kier alpha value is -1.91. The van der Waals surface area contributed by atoms with Gasteiger partial charge in [-0.1, -0.05) is 30.3 Å². The average Bonchev–Trinajstić information content (AvgIpc) is 2.62. The van der Waals surface area contributed by atoms with Crippen LogP contribution < -0.4 is 10.2 Å². The van der Waals surface area contributed by atoms with E-state index in [1.807, 2.05) is 6.07 Å². The first-order valence-electron chi connectivity index (χ1n) is 8.34. The molecule has 0 aliphatic carbocycles. The van der Waals surface area contributed by atoms with Gasteiger partial charge in [0.05, 0.1) is 11.2 Å². The summed E-state index contributed by atoms with van der Waals surface area (Å²) in [5.41, 5.74) is 5.75. The van der Waals surface area contributed by atoms with E-state index in [-0.39, 0.29) is 0 Å². The lowest BCUT2D eigenvalue weighted by molar-refractivity contribution is 0.590. The number of hydrogen-bond acceptors (Lipinski definition) is 3. The van der Waals surface area contributed by atoms with Crippen LogP contribution in [0.1, 0.15) is 5.56 Å². The van der Waals surface area contributed by atoms with Gasteiger partial charge in [-0.15, -0.1) is 0 Å². The lowest BCUT2D eigenvalue weighted by atomic mass is 10.0. The molecule has 4 rings (SSSR count). The van der Waals surface area contributed by atoms with Crippen LogP contribution in [0.25, 0.3) is 22.2 Å². The minimum absolute atomic E-state index is 1.03. The van der Waals surface area contributed by atoms with Crippen molar-refractivity contribution in [2.75, 3.05) is 31.1 Å². The number of piperazine rings is 1. The van der Waals surface area contributed by atoms with Crippen molar-refractivity contribution in [2.45, 2.75) is 6.92 Å². The van der Waals surface area contributed by atoms with Gasteiger partial charge in [0, 0.05) is 47.3 Å². The fraction of sp³-hybridized carbons (Fsp3) is 0.250. The summed E-state index contributed by atoms with van der Waals surface area (Å²) in [7, 11) is 0. The highest BCUT2D eigenvalue weighted by atomic mass is 79.9. The van der Waals surface area contributed by atoms with E-state index in [0.717, 1.165) is 47.4 Å². The third kappa shape index (κ3) is 2.92. The minimum atomic E-state index is 1.03. The van der Waals surface area contributed by atoms with Gasteiger partial charge >= 0.3 is 0 Å². The molecule has 24 heavy (non-hydrogen) atoms. The van der Waals surface area contributed by atoms with E-state index in [4.69, 9.17) is 4.98 Å². The first-order valence-corrected chi connectivity index (χ1v) is 9.14. The van der Waals surface area contributed by atoms with Crippen molar-refractivity contribution in [1.29, 1.82) is 0 Å². The van der Waals surface area contributed by atoms with Crippen molar-refractivity contribution in [1.82, 2.24) is 10.3 Å². The monoisotopic (exact) mass is 381 g/mol. The number of nitrogens with one attached hydrogen (secondary N) is 1. The summed E-state index contributed by atoms with van der Waals surface area (Å²) < 4.78 is 1.06. The van der Waals surface area contributed by atoms with E-state index in [0.29, 0.717) is 0 Å². The van der Waals surface area contributed by atoms with Gasteiger partial charge in [0.25, 0.3) is 0 Å². The highest BCUT2D eigenvalue weighted by Gasteiger charge is 2.17. The Kier molecular flexibility index (Phi) is 4.25. The molecule has 0 saturated carbocycles. The molecule has 1 aromatic heterocycles. The average molecular weight is 382 g/mol.